The highest BCUT2D eigenvalue weighted by Gasteiger charge is 2.10. The van der Waals surface area contributed by atoms with E-state index >= 15 is 0 Å². The Bertz CT molecular complexity index is 1200. The van der Waals surface area contributed by atoms with Crippen molar-refractivity contribution >= 4 is 32.7 Å². The zero-order chi connectivity index (χ0) is 21.3. The van der Waals surface area contributed by atoms with Crippen molar-refractivity contribution in [1.29, 1.82) is 0 Å². The first-order chi connectivity index (χ1) is 14.4. The molecule has 1 aromatic heterocycles. The maximum atomic E-state index is 4.64. The van der Waals surface area contributed by atoms with Gasteiger partial charge in [-0.05, 0) is 67.3 Å². The van der Waals surface area contributed by atoms with Crippen LogP contribution < -0.4 is 5.32 Å². The summed E-state index contributed by atoms with van der Waals surface area (Å²) in [4.78, 5) is 4.64. The molecule has 0 aliphatic heterocycles. The van der Waals surface area contributed by atoms with Crippen molar-refractivity contribution in [2.75, 3.05) is 0 Å². The zero-order valence-corrected chi connectivity index (χ0v) is 19.2. The molecule has 0 bridgehead atoms. The predicted octanol–water partition coefficient (Wildman–Crippen LogP) is 6.79. The molecule has 3 aromatic carbocycles. The predicted molar refractivity (Wildman–Crippen MR) is 129 cm³/mol. The van der Waals surface area contributed by atoms with Crippen molar-refractivity contribution in [2.24, 2.45) is 0 Å². The van der Waals surface area contributed by atoms with Gasteiger partial charge >= 0.3 is 0 Å². The maximum absolute atomic E-state index is 4.64. The van der Waals surface area contributed by atoms with Gasteiger partial charge in [0.25, 0.3) is 0 Å². The minimum atomic E-state index is 0.170. The number of nitrogens with one attached hydrogen (secondary N) is 1. The van der Waals surface area contributed by atoms with Gasteiger partial charge in [0.2, 0.25) is 0 Å². The molecule has 0 spiro atoms. The minimum absolute atomic E-state index is 0.170. The lowest BCUT2D eigenvalue weighted by molar-refractivity contribution is 0.702. The second-order valence-corrected chi connectivity index (χ2v) is 8.82. The van der Waals surface area contributed by atoms with E-state index < -0.39 is 0 Å². The van der Waals surface area contributed by atoms with E-state index in [-0.39, 0.29) is 6.04 Å². The summed E-state index contributed by atoms with van der Waals surface area (Å²) in [6.07, 6.45) is 1.92. The van der Waals surface area contributed by atoms with E-state index in [1.165, 1.54) is 22.3 Å². The molecule has 4 aromatic rings. The van der Waals surface area contributed by atoms with Crippen LogP contribution in [0.4, 0.5) is 0 Å². The number of hydrogen-bond donors (Lipinski definition) is 1. The lowest BCUT2D eigenvalue weighted by atomic mass is 10.1. The molecule has 0 aliphatic rings. The number of benzene rings is 3. The summed E-state index contributed by atoms with van der Waals surface area (Å²) in [6, 6.07) is 21.5. The molecular weight excluding hydrogens is 434 g/mol. The number of aryl methyl sites for hydroxylation is 2. The average molecular weight is 460 g/mol. The van der Waals surface area contributed by atoms with E-state index in [1.807, 2.05) is 6.33 Å². The van der Waals surface area contributed by atoms with E-state index in [0.717, 1.165) is 33.3 Å². The molecule has 0 amide bonds. The quantitative estimate of drug-likeness (QED) is 0.344. The Morgan fingerprint density at radius 3 is 2.57 bits per heavy atom. The summed E-state index contributed by atoms with van der Waals surface area (Å²) >= 11 is 3.49. The Morgan fingerprint density at radius 2 is 1.83 bits per heavy atom. The molecule has 0 saturated heterocycles. The lowest BCUT2D eigenvalue weighted by Crippen LogP contribution is -2.16. The SMILES string of the molecule is C=C(N[C@H](C)c1ccc(Br)cc1)c1ccc2c(c1)ncn2Cc1ccc(C)cc1C. The summed E-state index contributed by atoms with van der Waals surface area (Å²) in [7, 11) is 0. The van der Waals surface area contributed by atoms with Crippen LogP contribution in [0.15, 0.2) is 78.0 Å². The first-order valence-electron chi connectivity index (χ1n) is 10.1. The Balaban J connectivity index is 1.52. The molecule has 0 aliphatic carbocycles. The number of halogens is 1. The summed E-state index contributed by atoms with van der Waals surface area (Å²) in [5, 5.41) is 3.51. The first-order valence-corrected chi connectivity index (χ1v) is 10.9. The van der Waals surface area contributed by atoms with E-state index in [9.17, 15) is 0 Å². The molecule has 4 heteroatoms. The number of imidazole rings is 1. The standard InChI is InChI=1S/C26H26BrN3/c1-17-5-6-23(18(2)13-17)15-30-16-28-25-14-22(9-12-26(25)30)20(4)29-19(3)21-7-10-24(27)11-8-21/h5-14,16,19,29H,4,15H2,1-3H3/t19-/m1/s1. The van der Waals surface area contributed by atoms with Crippen molar-refractivity contribution in [3.8, 4) is 0 Å². The molecule has 152 valence electrons. The molecule has 4 rings (SSSR count). The average Bonchev–Trinajstić information content (AvgIpc) is 3.12. The third-order valence-electron chi connectivity index (χ3n) is 5.57. The zero-order valence-electron chi connectivity index (χ0n) is 17.6. The number of hydrogen-bond acceptors (Lipinski definition) is 2. The molecule has 30 heavy (non-hydrogen) atoms. The van der Waals surface area contributed by atoms with Crippen molar-refractivity contribution in [2.45, 2.75) is 33.4 Å². The fourth-order valence-corrected chi connectivity index (χ4v) is 4.03. The molecule has 0 fully saturated rings. The van der Waals surface area contributed by atoms with Crippen LogP contribution in [0.1, 0.15) is 40.8 Å². The van der Waals surface area contributed by atoms with Gasteiger partial charge in [0.1, 0.15) is 0 Å². The lowest BCUT2D eigenvalue weighted by Gasteiger charge is -2.18. The van der Waals surface area contributed by atoms with E-state index in [4.69, 9.17) is 0 Å². The van der Waals surface area contributed by atoms with Crippen molar-refractivity contribution in [3.63, 3.8) is 0 Å². The van der Waals surface area contributed by atoms with Gasteiger partial charge in [0.15, 0.2) is 0 Å². The molecule has 0 saturated carbocycles. The van der Waals surface area contributed by atoms with Gasteiger partial charge in [-0.1, -0.05) is 64.5 Å². The molecular formula is C26H26BrN3. The fraction of sp³-hybridized carbons (Fsp3) is 0.192. The number of rotatable bonds is 6. The molecule has 1 atom stereocenters. The monoisotopic (exact) mass is 459 g/mol. The summed E-state index contributed by atoms with van der Waals surface area (Å²) in [5.41, 5.74) is 9.22. The largest absolute Gasteiger partial charge is 0.379 e. The van der Waals surface area contributed by atoms with Crippen LogP contribution in [0.25, 0.3) is 16.7 Å². The second-order valence-electron chi connectivity index (χ2n) is 7.90. The second kappa shape index (κ2) is 8.49. The minimum Gasteiger partial charge on any atom is -0.379 e. The van der Waals surface area contributed by atoms with Crippen molar-refractivity contribution in [3.05, 3.63) is 106 Å². The summed E-state index contributed by atoms with van der Waals surface area (Å²) < 4.78 is 3.29. The van der Waals surface area contributed by atoms with Crippen molar-refractivity contribution < 1.29 is 0 Å². The Labute approximate surface area is 186 Å². The van der Waals surface area contributed by atoms with Gasteiger partial charge in [-0.3, -0.25) is 0 Å². The number of aromatic nitrogens is 2. The van der Waals surface area contributed by atoms with Crippen LogP contribution in [0.3, 0.4) is 0 Å². The van der Waals surface area contributed by atoms with Gasteiger partial charge in [-0.2, -0.15) is 0 Å². The number of fused-ring (bicyclic) bond motifs is 1. The third-order valence-corrected chi connectivity index (χ3v) is 6.10. The Kier molecular flexibility index (Phi) is 5.78. The summed E-state index contributed by atoms with van der Waals surface area (Å²) in [6.45, 7) is 11.5. The van der Waals surface area contributed by atoms with Gasteiger partial charge in [-0.25, -0.2) is 4.98 Å². The fourth-order valence-electron chi connectivity index (χ4n) is 3.76. The van der Waals surface area contributed by atoms with Gasteiger partial charge < -0.3 is 9.88 Å². The molecule has 1 N–H and O–H groups in total. The molecule has 1 heterocycles. The smallest absolute Gasteiger partial charge is 0.0961 e. The van der Waals surface area contributed by atoms with E-state index in [0.29, 0.717) is 0 Å². The Hall–Kier alpha value is -2.85. The highest BCUT2D eigenvalue weighted by Crippen LogP contribution is 2.23. The molecule has 3 nitrogen and oxygen atoms in total. The van der Waals surface area contributed by atoms with E-state index in [2.05, 4.69) is 119 Å². The Morgan fingerprint density at radius 1 is 1.07 bits per heavy atom. The van der Waals surface area contributed by atoms with Crippen LogP contribution in [0, 0.1) is 13.8 Å². The van der Waals surface area contributed by atoms with Crippen LogP contribution in [0.2, 0.25) is 0 Å². The summed E-state index contributed by atoms with van der Waals surface area (Å²) in [5.74, 6) is 0. The first kappa shape index (κ1) is 20.4. The highest BCUT2D eigenvalue weighted by atomic mass is 79.9. The van der Waals surface area contributed by atoms with Gasteiger partial charge in [0.05, 0.1) is 17.4 Å². The van der Waals surface area contributed by atoms with Gasteiger partial charge in [-0.15, -0.1) is 0 Å². The normalized spacial score (nSPS) is 12.1. The van der Waals surface area contributed by atoms with Crippen LogP contribution in [0.5, 0.6) is 0 Å². The van der Waals surface area contributed by atoms with Gasteiger partial charge in [0, 0.05) is 22.8 Å². The number of nitrogens with zero attached hydrogens (tertiary/aromatic N) is 2. The van der Waals surface area contributed by atoms with Crippen LogP contribution >= 0.6 is 15.9 Å². The van der Waals surface area contributed by atoms with Crippen molar-refractivity contribution in [1.82, 2.24) is 14.9 Å². The molecule has 0 unspecified atom stereocenters. The van der Waals surface area contributed by atoms with Crippen LogP contribution in [-0.2, 0) is 6.54 Å². The van der Waals surface area contributed by atoms with Crippen LogP contribution in [-0.4, -0.2) is 9.55 Å². The maximum Gasteiger partial charge on any atom is 0.0961 e. The highest BCUT2D eigenvalue weighted by molar-refractivity contribution is 9.10. The van der Waals surface area contributed by atoms with E-state index in [1.54, 1.807) is 0 Å². The topological polar surface area (TPSA) is 29.9 Å². The molecule has 0 radical (unpaired) electrons. The third kappa shape index (κ3) is 4.34.